The van der Waals surface area contributed by atoms with E-state index in [1.807, 2.05) is 49.9 Å². The van der Waals surface area contributed by atoms with E-state index < -0.39 is 0 Å². The number of rotatable bonds is 8. The number of nitrogens with one attached hydrogen (secondary N) is 1. The molecule has 0 atom stereocenters. The molecule has 0 spiro atoms. The number of hydrogen-bond acceptors (Lipinski definition) is 2. The van der Waals surface area contributed by atoms with Crippen molar-refractivity contribution < 1.29 is 9.59 Å². The highest BCUT2D eigenvalue weighted by Crippen LogP contribution is 2.21. The SMILES string of the molecule is CCCN(C(=O)c1ccc(NC(=O)C(CC)CC)cc1)c1cccc(C)c1. The van der Waals surface area contributed by atoms with Crippen molar-refractivity contribution in [3.8, 4) is 0 Å². The highest BCUT2D eigenvalue weighted by molar-refractivity contribution is 6.06. The number of amides is 2. The summed E-state index contributed by atoms with van der Waals surface area (Å²) in [6.07, 6.45) is 2.52. The molecule has 2 rings (SSSR count). The summed E-state index contributed by atoms with van der Waals surface area (Å²) in [7, 11) is 0. The van der Waals surface area contributed by atoms with Crippen molar-refractivity contribution in [3.63, 3.8) is 0 Å². The largest absolute Gasteiger partial charge is 0.326 e. The number of hydrogen-bond donors (Lipinski definition) is 1. The second-order valence-electron chi connectivity index (χ2n) is 6.88. The molecule has 0 aromatic heterocycles. The molecular weight excluding hydrogens is 336 g/mol. The van der Waals surface area contributed by atoms with Gasteiger partial charge in [0.15, 0.2) is 0 Å². The van der Waals surface area contributed by atoms with Crippen molar-refractivity contribution >= 4 is 23.2 Å². The Bertz CT molecular complexity index is 764. The molecule has 0 heterocycles. The van der Waals surface area contributed by atoms with Gasteiger partial charge in [-0.25, -0.2) is 0 Å². The van der Waals surface area contributed by atoms with Crippen LogP contribution in [-0.2, 0) is 4.79 Å². The third kappa shape index (κ3) is 5.43. The molecule has 1 N–H and O–H groups in total. The molecule has 4 heteroatoms. The summed E-state index contributed by atoms with van der Waals surface area (Å²) < 4.78 is 0. The van der Waals surface area contributed by atoms with E-state index in [1.54, 1.807) is 24.3 Å². The summed E-state index contributed by atoms with van der Waals surface area (Å²) in [5.74, 6) is 0.0273. The van der Waals surface area contributed by atoms with Crippen LogP contribution in [0.5, 0.6) is 0 Å². The van der Waals surface area contributed by atoms with Crippen molar-refractivity contribution in [1.82, 2.24) is 0 Å². The fourth-order valence-corrected chi connectivity index (χ4v) is 3.12. The van der Waals surface area contributed by atoms with Crippen molar-refractivity contribution in [2.24, 2.45) is 5.92 Å². The highest BCUT2D eigenvalue weighted by atomic mass is 16.2. The van der Waals surface area contributed by atoms with Crippen molar-refractivity contribution in [2.45, 2.75) is 47.0 Å². The van der Waals surface area contributed by atoms with E-state index in [9.17, 15) is 9.59 Å². The molecule has 0 radical (unpaired) electrons. The molecule has 0 unspecified atom stereocenters. The van der Waals surface area contributed by atoms with Crippen LogP contribution >= 0.6 is 0 Å². The monoisotopic (exact) mass is 366 g/mol. The number of carbonyl (C=O) groups excluding carboxylic acids is 2. The Balaban J connectivity index is 2.16. The van der Waals surface area contributed by atoms with Gasteiger partial charge in [0.05, 0.1) is 0 Å². The molecule has 2 amide bonds. The summed E-state index contributed by atoms with van der Waals surface area (Å²) in [6, 6.07) is 15.1. The first-order valence-electron chi connectivity index (χ1n) is 9.79. The zero-order chi connectivity index (χ0) is 19.8. The van der Waals surface area contributed by atoms with E-state index >= 15 is 0 Å². The summed E-state index contributed by atoms with van der Waals surface area (Å²) in [4.78, 5) is 27.0. The van der Waals surface area contributed by atoms with Crippen LogP contribution in [0.15, 0.2) is 48.5 Å². The van der Waals surface area contributed by atoms with Crippen LogP contribution in [0.4, 0.5) is 11.4 Å². The first-order valence-corrected chi connectivity index (χ1v) is 9.79. The average molecular weight is 367 g/mol. The molecule has 2 aromatic carbocycles. The summed E-state index contributed by atoms with van der Waals surface area (Å²) in [6.45, 7) is 8.78. The van der Waals surface area contributed by atoms with Crippen LogP contribution in [-0.4, -0.2) is 18.4 Å². The predicted octanol–water partition coefficient (Wildman–Crippen LogP) is 5.43. The van der Waals surface area contributed by atoms with Gasteiger partial charge < -0.3 is 10.2 Å². The Morgan fingerprint density at radius 2 is 1.67 bits per heavy atom. The lowest BCUT2D eigenvalue weighted by Gasteiger charge is -2.23. The van der Waals surface area contributed by atoms with Gasteiger partial charge in [0, 0.05) is 29.4 Å². The highest BCUT2D eigenvalue weighted by Gasteiger charge is 2.18. The molecule has 27 heavy (non-hydrogen) atoms. The van der Waals surface area contributed by atoms with E-state index in [4.69, 9.17) is 0 Å². The maximum Gasteiger partial charge on any atom is 0.258 e. The molecule has 2 aromatic rings. The van der Waals surface area contributed by atoms with Crippen molar-refractivity contribution in [1.29, 1.82) is 0 Å². The van der Waals surface area contributed by atoms with Crippen LogP contribution in [0.3, 0.4) is 0 Å². The van der Waals surface area contributed by atoms with Gasteiger partial charge in [0.1, 0.15) is 0 Å². The van der Waals surface area contributed by atoms with Gasteiger partial charge in [-0.3, -0.25) is 9.59 Å². The second kappa shape index (κ2) is 9.91. The van der Waals surface area contributed by atoms with E-state index in [0.717, 1.165) is 36.2 Å². The maximum absolute atomic E-state index is 13.0. The van der Waals surface area contributed by atoms with E-state index in [0.29, 0.717) is 12.1 Å². The normalized spacial score (nSPS) is 10.7. The fraction of sp³-hybridized carbons (Fsp3) is 0.391. The minimum Gasteiger partial charge on any atom is -0.326 e. The number of benzene rings is 2. The zero-order valence-corrected chi connectivity index (χ0v) is 16.8. The Hall–Kier alpha value is -2.62. The van der Waals surface area contributed by atoms with Gasteiger partial charge in [-0.15, -0.1) is 0 Å². The predicted molar refractivity (Wildman–Crippen MR) is 112 cm³/mol. The maximum atomic E-state index is 13.0. The summed E-state index contributed by atoms with van der Waals surface area (Å²) in [5.41, 5.74) is 3.38. The summed E-state index contributed by atoms with van der Waals surface area (Å²) >= 11 is 0. The second-order valence-corrected chi connectivity index (χ2v) is 6.88. The Morgan fingerprint density at radius 3 is 2.22 bits per heavy atom. The van der Waals surface area contributed by atoms with Crippen molar-refractivity contribution in [3.05, 3.63) is 59.7 Å². The van der Waals surface area contributed by atoms with Crippen LogP contribution in [0.1, 0.15) is 56.0 Å². The van der Waals surface area contributed by atoms with Gasteiger partial charge >= 0.3 is 0 Å². The number of nitrogens with zero attached hydrogens (tertiary/aromatic N) is 1. The first kappa shape index (κ1) is 20.7. The van der Waals surface area contributed by atoms with Gasteiger partial charge in [-0.1, -0.05) is 32.9 Å². The lowest BCUT2D eigenvalue weighted by Crippen LogP contribution is -2.31. The third-order valence-electron chi connectivity index (χ3n) is 4.76. The smallest absolute Gasteiger partial charge is 0.258 e. The fourth-order valence-electron chi connectivity index (χ4n) is 3.12. The molecule has 0 saturated carbocycles. The van der Waals surface area contributed by atoms with Gasteiger partial charge in [-0.2, -0.15) is 0 Å². The van der Waals surface area contributed by atoms with Crippen molar-refractivity contribution in [2.75, 3.05) is 16.8 Å². The Morgan fingerprint density at radius 1 is 1.00 bits per heavy atom. The molecule has 144 valence electrons. The average Bonchev–Trinajstić information content (AvgIpc) is 2.67. The molecule has 0 saturated heterocycles. The van der Waals surface area contributed by atoms with Crippen LogP contribution in [0.25, 0.3) is 0 Å². The van der Waals surface area contributed by atoms with E-state index in [2.05, 4.69) is 12.2 Å². The molecule has 0 aliphatic rings. The lowest BCUT2D eigenvalue weighted by molar-refractivity contribution is -0.120. The first-order chi connectivity index (χ1) is 13.0. The molecule has 0 bridgehead atoms. The van der Waals surface area contributed by atoms with Gasteiger partial charge in [0.25, 0.3) is 5.91 Å². The number of carbonyl (C=O) groups is 2. The molecule has 0 fully saturated rings. The van der Waals surface area contributed by atoms with Crippen LogP contribution in [0, 0.1) is 12.8 Å². The topological polar surface area (TPSA) is 49.4 Å². The van der Waals surface area contributed by atoms with E-state index in [-0.39, 0.29) is 17.7 Å². The Kier molecular flexibility index (Phi) is 7.59. The minimum atomic E-state index is -0.0275. The molecule has 0 aliphatic heterocycles. The third-order valence-corrected chi connectivity index (χ3v) is 4.76. The quantitative estimate of drug-likeness (QED) is 0.677. The minimum absolute atomic E-state index is 0.0210. The summed E-state index contributed by atoms with van der Waals surface area (Å²) in [5, 5.41) is 2.94. The van der Waals surface area contributed by atoms with Crippen LogP contribution < -0.4 is 10.2 Å². The van der Waals surface area contributed by atoms with E-state index in [1.165, 1.54) is 0 Å². The number of aryl methyl sites for hydroxylation is 1. The molecular formula is C23H30N2O2. The standard InChI is InChI=1S/C23H30N2O2/c1-5-15-25(21-10-8-9-17(4)16-21)23(27)19-11-13-20(14-12-19)24-22(26)18(6-2)7-3/h8-14,16,18H,5-7,15H2,1-4H3,(H,24,26). The van der Waals surface area contributed by atoms with Crippen LogP contribution in [0.2, 0.25) is 0 Å². The van der Waals surface area contributed by atoms with Gasteiger partial charge in [0.2, 0.25) is 5.91 Å². The number of anilines is 2. The zero-order valence-electron chi connectivity index (χ0n) is 16.8. The van der Waals surface area contributed by atoms with Gasteiger partial charge in [-0.05, 0) is 68.1 Å². The lowest BCUT2D eigenvalue weighted by atomic mass is 10.0. The molecule has 0 aliphatic carbocycles. The Labute approximate surface area is 162 Å². The molecule has 4 nitrogen and oxygen atoms in total.